The lowest BCUT2D eigenvalue weighted by atomic mass is 10.2. The second-order valence-electron chi connectivity index (χ2n) is 1.66. The van der Waals surface area contributed by atoms with Crippen LogP contribution in [-0.2, 0) is 0 Å². The van der Waals surface area contributed by atoms with E-state index in [0.717, 1.165) is 5.56 Å². The Hall–Kier alpha value is -1.31. The first-order chi connectivity index (χ1) is 6.43. The molecule has 1 aromatic carbocycles. The van der Waals surface area contributed by atoms with Crippen LogP contribution in [0.15, 0.2) is 35.5 Å². The first kappa shape index (κ1) is 14.2. The van der Waals surface area contributed by atoms with E-state index in [1.54, 1.807) is 0 Å². The molecule has 0 aliphatic heterocycles. The topological polar surface area (TPSA) is 32.6 Å². The summed E-state index contributed by atoms with van der Waals surface area (Å²) in [5.74, 6) is 0. The van der Waals surface area contributed by atoms with Crippen molar-refractivity contribution < 1.29 is 5.21 Å². The van der Waals surface area contributed by atoms with Gasteiger partial charge < -0.3 is 5.21 Å². The molecule has 0 amide bonds. The molecule has 0 unspecified atom stereocenters. The zero-order valence-electron chi connectivity index (χ0n) is 8.86. The molecule has 0 bridgehead atoms. The van der Waals surface area contributed by atoms with E-state index in [1.165, 1.54) is 6.21 Å². The number of oxime groups is 1. The third-order valence-electron chi connectivity index (χ3n) is 1.01. The van der Waals surface area contributed by atoms with Gasteiger partial charge in [-0.15, -0.1) is 0 Å². The van der Waals surface area contributed by atoms with Crippen molar-refractivity contribution in [3.8, 4) is 0 Å². The van der Waals surface area contributed by atoms with Gasteiger partial charge in [-0.3, -0.25) is 0 Å². The lowest BCUT2D eigenvalue weighted by Crippen LogP contribution is -1.76. The van der Waals surface area contributed by atoms with Gasteiger partial charge in [0.25, 0.3) is 0 Å². The molecule has 0 aliphatic carbocycles. The van der Waals surface area contributed by atoms with Crippen molar-refractivity contribution in [1.82, 2.24) is 0 Å². The van der Waals surface area contributed by atoms with E-state index in [1.807, 2.05) is 58.0 Å². The van der Waals surface area contributed by atoms with Crippen molar-refractivity contribution in [3.05, 3.63) is 35.9 Å². The average molecular weight is 181 g/mol. The third kappa shape index (κ3) is 8.60. The molecule has 0 saturated heterocycles. The van der Waals surface area contributed by atoms with Crippen LogP contribution in [0.3, 0.4) is 0 Å². The fraction of sp³-hybridized carbons (Fsp3) is 0.364. The zero-order valence-corrected chi connectivity index (χ0v) is 8.86. The largest absolute Gasteiger partial charge is 0.411 e. The minimum absolute atomic E-state index is 0.903. The molecule has 0 aromatic heterocycles. The quantitative estimate of drug-likeness (QED) is 0.401. The lowest BCUT2D eigenvalue weighted by Gasteiger charge is -1.85. The minimum Gasteiger partial charge on any atom is -0.411 e. The molecule has 1 aromatic rings. The number of rotatable bonds is 1. The summed E-state index contributed by atoms with van der Waals surface area (Å²) in [4.78, 5) is 0. The van der Waals surface area contributed by atoms with Gasteiger partial charge >= 0.3 is 0 Å². The molecule has 2 heteroatoms. The van der Waals surface area contributed by atoms with Gasteiger partial charge in [0.15, 0.2) is 0 Å². The normalized spacial score (nSPS) is 8.00. The van der Waals surface area contributed by atoms with E-state index in [4.69, 9.17) is 5.21 Å². The van der Waals surface area contributed by atoms with E-state index >= 15 is 0 Å². The number of benzene rings is 1. The summed E-state index contributed by atoms with van der Waals surface area (Å²) in [5, 5.41) is 11.0. The average Bonchev–Trinajstić information content (AvgIpc) is 2.26. The number of hydrogen-bond acceptors (Lipinski definition) is 2. The molecule has 0 heterocycles. The molecule has 0 fully saturated rings. The third-order valence-corrected chi connectivity index (χ3v) is 1.01. The SMILES string of the molecule is CC.CC.O/N=C\c1ccccc1. The second-order valence-corrected chi connectivity index (χ2v) is 1.66. The van der Waals surface area contributed by atoms with Crippen LogP contribution in [0, 0.1) is 0 Å². The smallest absolute Gasteiger partial charge is 0.0733 e. The van der Waals surface area contributed by atoms with E-state index in [0.29, 0.717) is 0 Å². The Kier molecular flexibility index (Phi) is 14.5. The first-order valence-corrected chi connectivity index (χ1v) is 4.66. The van der Waals surface area contributed by atoms with Crippen LogP contribution < -0.4 is 0 Å². The molecule has 13 heavy (non-hydrogen) atoms. The van der Waals surface area contributed by atoms with E-state index in [-0.39, 0.29) is 0 Å². The summed E-state index contributed by atoms with van der Waals surface area (Å²) < 4.78 is 0. The fourth-order valence-electron chi connectivity index (χ4n) is 0.606. The molecule has 0 radical (unpaired) electrons. The molecule has 2 nitrogen and oxygen atoms in total. The molecule has 0 atom stereocenters. The van der Waals surface area contributed by atoms with Crippen molar-refractivity contribution in [2.24, 2.45) is 5.16 Å². The van der Waals surface area contributed by atoms with Crippen molar-refractivity contribution >= 4 is 6.21 Å². The molecular formula is C11H19NO. The van der Waals surface area contributed by atoms with Gasteiger partial charge in [0.1, 0.15) is 0 Å². The van der Waals surface area contributed by atoms with Crippen LogP contribution in [0.1, 0.15) is 33.3 Å². The van der Waals surface area contributed by atoms with Gasteiger partial charge in [-0.1, -0.05) is 63.2 Å². The minimum atomic E-state index is 0.903. The highest BCUT2D eigenvalue weighted by atomic mass is 16.4. The molecule has 0 spiro atoms. The van der Waals surface area contributed by atoms with Crippen molar-refractivity contribution in [1.29, 1.82) is 0 Å². The van der Waals surface area contributed by atoms with Crippen LogP contribution >= 0.6 is 0 Å². The molecule has 1 rings (SSSR count). The van der Waals surface area contributed by atoms with Gasteiger partial charge in [-0.05, 0) is 5.56 Å². The van der Waals surface area contributed by atoms with Crippen LogP contribution in [0.4, 0.5) is 0 Å². The van der Waals surface area contributed by atoms with Gasteiger partial charge in [0.2, 0.25) is 0 Å². The van der Waals surface area contributed by atoms with Gasteiger partial charge in [0, 0.05) is 0 Å². The summed E-state index contributed by atoms with van der Waals surface area (Å²) in [7, 11) is 0. The van der Waals surface area contributed by atoms with Crippen molar-refractivity contribution in [2.45, 2.75) is 27.7 Å². The Labute approximate surface area is 80.9 Å². The van der Waals surface area contributed by atoms with Crippen LogP contribution in [0.25, 0.3) is 0 Å². The Bertz CT molecular complexity index is 195. The summed E-state index contributed by atoms with van der Waals surface area (Å²) in [6.07, 6.45) is 1.39. The predicted molar refractivity (Wildman–Crippen MR) is 58.5 cm³/mol. The first-order valence-electron chi connectivity index (χ1n) is 4.66. The Balaban J connectivity index is 0. The number of hydrogen-bond donors (Lipinski definition) is 1. The highest BCUT2D eigenvalue weighted by Gasteiger charge is 1.79. The Morgan fingerprint density at radius 1 is 1.00 bits per heavy atom. The van der Waals surface area contributed by atoms with Crippen molar-refractivity contribution in [2.75, 3.05) is 0 Å². The predicted octanol–water partition coefficient (Wildman–Crippen LogP) is 3.55. The highest BCUT2D eigenvalue weighted by molar-refractivity contribution is 5.78. The van der Waals surface area contributed by atoms with Gasteiger partial charge in [0.05, 0.1) is 6.21 Å². The maximum atomic E-state index is 8.09. The molecule has 1 N–H and O–H groups in total. The summed E-state index contributed by atoms with van der Waals surface area (Å²) in [6, 6.07) is 9.40. The zero-order chi connectivity index (χ0) is 10.5. The molecular weight excluding hydrogens is 162 g/mol. The lowest BCUT2D eigenvalue weighted by molar-refractivity contribution is 0.322. The van der Waals surface area contributed by atoms with Crippen LogP contribution in [-0.4, -0.2) is 11.4 Å². The van der Waals surface area contributed by atoms with Crippen LogP contribution in [0.5, 0.6) is 0 Å². The highest BCUT2D eigenvalue weighted by Crippen LogP contribution is 1.92. The van der Waals surface area contributed by atoms with E-state index in [2.05, 4.69) is 5.16 Å². The Morgan fingerprint density at radius 2 is 1.46 bits per heavy atom. The fourth-order valence-corrected chi connectivity index (χ4v) is 0.606. The standard InChI is InChI=1S/C7H7NO.2C2H6/c9-8-6-7-4-2-1-3-5-7;2*1-2/h1-6,9H;2*1-2H3/b8-6-;;. The van der Waals surface area contributed by atoms with E-state index < -0.39 is 0 Å². The van der Waals surface area contributed by atoms with Gasteiger partial charge in [-0.25, -0.2) is 0 Å². The van der Waals surface area contributed by atoms with Crippen molar-refractivity contribution in [3.63, 3.8) is 0 Å². The number of nitrogens with zero attached hydrogens (tertiary/aromatic N) is 1. The summed E-state index contributed by atoms with van der Waals surface area (Å²) in [5.41, 5.74) is 0.903. The maximum absolute atomic E-state index is 8.09. The van der Waals surface area contributed by atoms with Gasteiger partial charge in [-0.2, -0.15) is 0 Å². The summed E-state index contributed by atoms with van der Waals surface area (Å²) >= 11 is 0. The van der Waals surface area contributed by atoms with E-state index in [9.17, 15) is 0 Å². The molecule has 74 valence electrons. The van der Waals surface area contributed by atoms with Crippen LogP contribution in [0.2, 0.25) is 0 Å². The molecule has 0 aliphatic rings. The molecule has 0 saturated carbocycles. The Morgan fingerprint density at radius 3 is 1.85 bits per heavy atom. The second kappa shape index (κ2) is 13.3. The summed E-state index contributed by atoms with van der Waals surface area (Å²) in [6.45, 7) is 8.00. The maximum Gasteiger partial charge on any atom is 0.0733 e. The monoisotopic (exact) mass is 181 g/mol.